The average molecular weight is 287 g/mol. The van der Waals surface area contributed by atoms with E-state index in [0.717, 1.165) is 10.7 Å². The molecule has 0 aromatic carbocycles. The first-order valence-electron chi connectivity index (χ1n) is 5.76. The van der Waals surface area contributed by atoms with Crippen LogP contribution in [0, 0.1) is 6.92 Å². The van der Waals surface area contributed by atoms with Gasteiger partial charge < -0.3 is 20.8 Å². The van der Waals surface area contributed by atoms with E-state index in [1.54, 1.807) is 6.92 Å². The number of carboxylic acid groups (broad SMARTS) is 1. The summed E-state index contributed by atoms with van der Waals surface area (Å²) in [7, 11) is 0. The number of nitrogens with zero attached hydrogens (tertiary/aromatic N) is 1. The maximum Gasteiger partial charge on any atom is 0.326 e. The van der Waals surface area contributed by atoms with Crippen molar-refractivity contribution in [3.8, 4) is 0 Å². The Bertz CT molecular complexity index is 449. The van der Waals surface area contributed by atoms with E-state index in [2.05, 4.69) is 15.6 Å². The van der Waals surface area contributed by atoms with Crippen molar-refractivity contribution < 1.29 is 19.8 Å². The Morgan fingerprint density at radius 3 is 2.63 bits per heavy atom. The van der Waals surface area contributed by atoms with Gasteiger partial charge in [-0.2, -0.15) is 0 Å². The van der Waals surface area contributed by atoms with Crippen molar-refractivity contribution in [3.05, 3.63) is 16.1 Å². The number of aliphatic hydroxyl groups is 1. The van der Waals surface area contributed by atoms with Gasteiger partial charge in [0.1, 0.15) is 11.0 Å². The summed E-state index contributed by atoms with van der Waals surface area (Å²) in [5.74, 6) is -1.18. The molecule has 2 atom stereocenters. The molecule has 4 N–H and O–H groups in total. The smallest absolute Gasteiger partial charge is 0.326 e. The number of thiazole rings is 1. The van der Waals surface area contributed by atoms with E-state index in [4.69, 9.17) is 10.2 Å². The van der Waals surface area contributed by atoms with Crippen molar-refractivity contribution in [2.24, 2.45) is 0 Å². The molecule has 0 bridgehead atoms. The van der Waals surface area contributed by atoms with Gasteiger partial charge >= 0.3 is 12.0 Å². The Balaban J connectivity index is 2.52. The zero-order valence-corrected chi connectivity index (χ0v) is 11.5. The highest BCUT2D eigenvalue weighted by Crippen LogP contribution is 2.17. The topological polar surface area (TPSA) is 112 Å². The summed E-state index contributed by atoms with van der Waals surface area (Å²) in [6.45, 7) is 3.31. The third-order valence-corrected chi connectivity index (χ3v) is 3.52. The van der Waals surface area contributed by atoms with Crippen LogP contribution in [0.15, 0.2) is 5.38 Å². The normalized spacial score (nSPS) is 13.6. The average Bonchev–Trinajstić information content (AvgIpc) is 2.75. The standard InChI is InChI=1S/C11H17N3O4S/c1-6-5-19-9(12-6)7(2)13-11(18)14-8(3-4-15)10(16)17/h5,7-8,15H,3-4H2,1-2H3,(H,16,17)(H2,13,14,18)/t7?,8-/m0/s1. The molecule has 1 aromatic heterocycles. The van der Waals surface area contributed by atoms with Gasteiger partial charge in [0.25, 0.3) is 0 Å². The number of urea groups is 1. The molecule has 8 heteroatoms. The van der Waals surface area contributed by atoms with Crippen LogP contribution in [0.4, 0.5) is 4.79 Å². The van der Waals surface area contributed by atoms with Gasteiger partial charge in [0.05, 0.1) is 6.04 Å². The lowest BCUT2D eigenvalue weighted by atomic mass is 10.2. The number of aliphatic hydroxyl groups excluding tert-OH is 1. The van der Waals surface area contributed by atoms with Crippen LogP contribution < -0.4 is 10.6 Å². The number of amides is 2. The number of aliphatic carboxylic acids is 1. The quantitative estimate of drug-likeness (QED) is 0.613. The lowest BCUT2D eigenvalue weighted by Gasteiger charge is -2.16. The predicted octanol–water partition coefficient (Wildman–Crippen LogP) is 0.647. The number of rotatable bonds is 6. The van der Waals surface area contributed by atoms with Crippen LogP contribution in [0.5, 0.6) is 0 Å². The molecule has 1 aromatic rings. The predicted molar refractivity (Wildman–Crippen MR) is 70.1 cm³/mol. The van der Waals surface area contributed by atoms with Crippen molar-refractivity contribution in [2.45, 2.75) is 32.4 Å². The molecule has 0 radical (unpaired) electrons. The summed E-state index contributed by atoms with van der Waals surface area (Å²) in [6, 6.07) is -2.00. The minimum absolute atomic E-state index is 0.0342. The third-order valence-electron chi connectivity index (χ3n) is 2.38. The lowest BCUT2D eigenvalue weighted by Crippen LogP contribution is -2.47. The van der Waals surface area contributed by atoms with Gasteiger partial charge in [-0.3, -0.25) is 0 Å². The second-order valence-electron chi connectivity index (χ2n) is 4.07. The Labute approximate surface area is 114 Å². The maximum absolute atomic E-state index is 11.6. The van der Waals surface area contributed by atoms with E-state index in [1.807, 2.05) is 12.3 Å². The second-order valence-corrected chi connectivity index (χ2v) is 4.96. The number of aromatic nitrogens is 1. The molecular formula is C11H17N3O4S. The van der Waals surface area contributed by atoms with Gasteiger partial charge in [0.2, 0.25) is 0 Å². The first kappa shape index (κ1) is 15.4. The van der Waals surface area contributed by atoms with Crippen LogP contribution in [-0.4, -0.2) is 39.8 Å². The van der Waals surface area contributed by atoms with Crippen molar-refractivity contribution in [3.63, 3.8) is 0 Å². The van der Waals surface area contributed by atoms with E-state index in [0.29, 0.717) is 0 Å². The molecule has 0 aliphatic rings. The highest BCUT2D eigenvalue weighted by Gasteiger charge is 2.20. The number of nitrogens with one attached hydrogen (secondary N) is 2. The Morgan fingerprint density at radius 1 is 1.47 bits per heavy atom. The number of carboxylic acids is 1. The fourth-order valence-electron chi connectivity index (χ4n) is 1.42. The zero-order valence-electron chi connectivity index (χ0n) is 10.7. The molecule has 0 saturated heterocycles. The van der Waals surface area contributed by atoms with E-state index < -0.39 is 18.0 Å². The largest absolute Gasteiger partial charge is 0.480 e. The Hall–Kier alpha value is -1.67. The van der Waals surface area contributed by atoms with Crippen LogP contribution >= 0.6 is 11.3 Å². The van der Waals surface area contributed by atoms with E-state index in [-0.39, 0.29) is 19.1 Å². The van der Waals surface area contributed by atoms with Gasteiger partial charge in [0.15, 0.2) is 0 Å². The monoisotopic (exact) mass is 287 g/mol. The second kappa shape index (κ2) is 7.05. The summed E-state index contributed by atoms with van der Waals surface area (Å²) < 4.78 is 0. The summed E-state index contributed by atoms with van der Waals surface area (Å²) in [5.41, 5.74) is 0.873. The number of hydrogen-bond donors (Lipinski definition) is 4. The highest BCUT2D eigenvalue weighted by molar-refractivity contribution is 7.09. The van der Waals surface area contributed by atoms with Crippen LogP contribution in [0.3, 0.4) is 0 Å². The van der Waals surface area contributed by atoms with Gasteiger partial charge in [-0.15, -0.1) is 11.3 Å². The minimum Gasteiger partial charge on any atom is -0.480 e. The number of carbonyl (C=O) groups is 2. The summed E-state index contributed by atoms with van der Waals surface area (Å²) in [6.07, 6.45) is -0.0342. The maximum atomic E-state index is 11.6. The third kappa shape index (κ3) is 4.84. The molecule has 0 spiro atoms. The molecule has 0 aliphatic carbocycles. The van der Waals surface area contributed by atoms with Crippen LogP contribution in [0.2, 0.25) is 0 Å². The molecular weight excluding hydrogens is 270 g/mol. The van der Waals surface area contributed by atoms with Gasteiger partial charge in [-0.1, -0.05) is 0 Å². The van der Waals surface area contributed by atoms with Gasteiger partial charge in [-0.05, 0) is 13.8 Å². The summed E-state index contributed by atoms with van der Waals surface area (Å²) >= 11 is 1.43. The van der Waals surface area contributed by atoms with Crippen molar-refractivity contribution >= 4 is 23.3 Å². The highest BCUT2D eigenvalue weighted by atomic mass is 32.1. The van der Waals surface area contributed by atoms with E-state index >= 15 is 0 Å². The van der Waals surface area contributed by atoms with Crippen LogP contribution in [0.1, 0.15) is 30.1 Å². The van der Waals surface area contributed by atoms with Gasteiger partial charge in [0, 0.05) is 24.1 Å². The van der Waals surface area contributed by atoms with Crippen molar-refractivity contribution in [2.75, 3.05) is 6.61 Å². The molecule has 0 fully saturated rings. The molecule has 2 amide bonds. The van der Waals surface area contributed by atoms with Crippen molar-refractivity contribution in [1.29, 1.82) is 0 Å². The number of hydrogen-bond acceptors (Lipinski definition) is 5. The summed E-state index contributed by atoms with van der Waals surface area (Å²) in [5, 5.41) is 25.1. The number of aryl methyl sites for hydroxylation is 1. The lowest BCUT2D eigenvalue weighted by molar-refractivity contribution is -0.139. The van der Waals surface area contributed by atoms with Crippen LogP contribution in [-0.2, 0) is 4.79 Å². The molecule has 1 unspecified atom stereocenters. The molecule has 106 valence electrons. The van der Waals surface area contributed by atoms with Crippen LogP contribution in [0.25, 0.3) is 0 Å². The number of carbonyl (C=O) groups excluding carboxylic acids is 1. The van der Waals surface area contributed by atoms with E-state index in [1.165, 1.54) is 11.3 Å². The molecule has 1 rings (SSSR count). The molecule has 19 heavy (non-hydrogen) atoms. The zero-order chi connectivity index (χ0) is 14.4. The first-order valence-corrected chi connectivity index (χ1v) is 6.64. The SMILES string of the molecule is Cc1csc(C(C)NC(=O)N[C@@H](CCO)C(=O)O)n1. The first-order chi connectivity index (χ1) is 8.93. The summed E-state index contributed by atoms with van der Waals surface area (Å²) in [4.78, 5) is 26.7. The molecule has 0 aliphatic heterocycles. The Kier molecular flexibility index (Phi) is 5.71. The molecule has 7 nitrogen and oxygen atoms in total. The Morgan fingerprint density at radius 2 is 2.16 bits per heavy atom. The molecule has 0 saturated carbocycles. The van der Waals surface area contributed by atoms with E-state index in [9.17, 15) is 9.59 Å². The van der Waals surface area contributed by atoms with Gasteiger partial charge in [-0.25, -0.2) is 14.6 Å². The molecule has 1 heterocycles. The fraction of sp³-hybridized carbons (Fsp3) is 0.545. The fourth-order valence-corrected chi connectivity index (χ4v) is 2.22. The minimum atomic E-state index is -1.18. The van der Waals surface area contributed by atoms with Crippen molar-refractivity contribution in [1.82, 2.24) is 15.6 Å².